The highest BCUT2D eigenvalue weighted by molar-refractivity contribution is 9.10. The van der Waals surface area contributed by atoms with E-state index in [0.29, 0.717) is 0 Å². The third-order valence-electron chi connectivity index (χ3n) is 3.25. The summed E-state index contributed by atoms with van der Waals surface area (Å²) in [7, 11) is 0. The van der Waals surface area contributed by atoms with Gasteiger partial charge in [0.25, 0.3) is 0 Å². The molecule has 0 aliphatic carbocycles. The van der Waals surface area contributed by atoms with Crippen LogP contribution in [0.1, 0.15) is 11.1 Å². The van der Waals surface area contributed by atoms with Crippen LogP contribution in [0.25, 0.3) is 11.3 Å². The molecule has 0 radical (unpaired) electrons. The van der Waals surface area contributed by atoms with Crippen LogP contribution in [0.4, 0.5) is 0 Å². The molecule has 3 nitrogen and oxygen atoms in total. The largest absolute Gasteiger partial charge is 0.247 e. The number of rotatable bonds is 3. The molecule has 0 unspecified atom stereocenters. The lowest BCUT2D eigenvalue weighted by molar-refractivity contribution is 0.647. The molecule has 4 heteroatoms. The van der Waals surface area contributed by atoms with Gasteiger partial charge >= 0.3 is 0 Å². The Morgan fingerprint density at radius 3 is 2.75 bits per heavy atom. The minimum Gasteiger partial charge on any atom is -0.247 e. The molecule has 0 saturated carbocycles. The molecule has 0 N–H and O–H groups in total. The summed E-state index contributed by atoms with van der Waals surface area (Å²) in [5.41, 5.74) is 4.49. The van der Waals surface area contributed by atoms with Crippen molar-refractivity contribution in [2.24, 2.45) is 0 Å². The van der Waals surface area contributed by atoms with Gasteiger partial charge in [-0.2, -0.15) is 0 Å². The van der Waals surface area contributed by atoms with Crippen molar-refractivity contribution in [3.8, 4) is 11.3 Å². The highest BCUT2D eigenvalue weighted by Crippen LogP contribution is 2.21. The lowest BCUT2D eigenvalue weighted by atomic mass is 10.1. The summed E-state index contributed by atoms with van der Waals surface area (Å²) >= 11 is 3.47. The van der Waals surface area contributed by atoms with Crippen LogP contribution in [0.3, 0.4) is 0 Å². The van der Waals surface area contributed by atoms with Crippen molar-refractivity contribution in [1.82, 2.24) is 15.0 Å². The Morgan fingerprint density at radius 2 is 1.95 bits per heavy atom. The smallest absolute Gasteiger partial charge is 0.113 e. The van der Waals surface area contributed by atoms with E-state index in [2.05, 4.69) is 51.4 Å². The third kappa shape index (κ3) is 2.80. The van der Waals surface area contributed by atoms with Crippen LogP contribution < -0.4 is 0 Å². The second-order valence-corrected chi connectivity index (χ2v) is 5.65. The first-order valence-electron chi connectivity index (χ1n) is 6.43. The van der Waals surface area contributed by atoms with Crippen LogP contribution in [0.5, 0.6) is 0 Å². The van der Waals surface area contributed by atoms with Crippen LogP contribution in [0.2, 0.25) is 0 Å². The lowest BCUT2D eigenvalue weighted by Gasteiger charge is -2.04. The fourth-order valence-electron chi connectivity index (χ4n) is 2.12. The van der Waals surface area contributed by atoms with Crippen molar-refractivity contribution in [2.75, 3.05) is 0 Å². The molecule has 1 aromatic heterocycles. The van der Waals surface area contributed by atoms with Crippen LogP contribution in [-0.4, -0.2) is 15.0 Å². The van der Waals surface area contributed by atoms with Crippen molar-refractivity contribution in [3.63, 3.8) is 0 Å². The Bertz CT molecular complexity index is 734. The zero-order valence-electron chi connectivity index (χ0n) is 11.1. The van der Waals surface area contributed by atoms with Crippen LogP contribution in [-0.2, 0) is 6.54 Å². The van der Waals surface area contributed by atoms with Crippen LogP contribution in [0, 0.1) is 6.92 Å². The lowest BCUT2D eigenvalue weighted by Crippen LogP contribution is -2.01. The first-order chi connectivity index (χ1) is 9.72. The number of halogens is 1. The van der Waals surface area contributed by atoms with Gasteiger partial charge in [0, 0.05) is 10.0 Å². The third-order valence-corrected chi connectivity index (χ3v) is 3.75. The maximum atomic E-state index is 4.25. The molecule has 0 spiro atoms. The molecule has 3 rings (SSSR count). The van der Waals surface area contributed by atoms with E-state index in [-0.39, 0.29) is 0 Å². The SMILES string of the molecule is Cc1ccccc1Cn1cc(-c2cccc(Br)c2)nn1. The van der Waals surface area contributed by atoms with Crippen LogP contribution >= 0.6 is 15.9 Å². The molecule has 3 aromatic rings. The molecule has 0 aliphatic heterocycles. The second kappa shape index (κ2) is 5.59. The molecular weight excluding hydrogens is 314 g/mol. The topological polar surface area (TPSA) is 30.7 Å². The van der Waals surface area contributed by atoms with Crippen LogP contribution in [0.15, 0.2) is 59.2 Å². The molecule has 0 amide bonds. The van der Waals surface area contributed by atoms with Gasteiger partial charge in [0.1, 0.15) is 5.69 Å². The summed E-state index contributed by atoms with van der Waals surface area (Å²) in [6.45, 7) is 2.86. The van der Waals surface area contributed by atoms with Crippen molar-refractivity contribution in [2.45, 2.75) is 13.5 Å². The van der Waals surface area contributed by atoms with Gasteiger partial charge in [0.15, 0.2) is 0 Å². The summed E-state index contributed by atoms with van der Waals surface area (Å²) in [6, 6.07) is 16.4. The van der Waals surface area contributed by atoms with E-state index in [0.717, 1.165) is 22.3 Å². The van der Waals surface area contributed by atoms with Crippen molar-refractivity contribution < 1.29 is 0 Å². The normalized spacial score (nSPS) is 10.7. The molecule has 0 fully saturated rings. The molecule has 0 atom stereocenters. The number of benzene rings is 2. The fourth-order valence-corrected chi connectivity index (χ4v) is 2.52. The fraction of sp³-hybridized carbons (Fsp3) is 0.125. The van der Waals surface area contributed by atoms with Gasteiger partial charge in [0.2, 0.25) is 0 Å². The van der Waals surface area contributed by atoms with Gasteiger partial charge in [-0.05, 0) is 30.2 Å². The molecule has 0 bridgehead atoms. The predicted molar refractivity (Wildman–Crippen MR) is 83.4 cm³/mol. The van der Waals surface area contributed by atoms with E-state index in [9.17, 15) is 0 Å². The first-order valence-corrected chi connectivity index (χ1v) is 7.22. The Morgan fingerprint density at radius 1 is 1.10 bits per heavy atom. The van der Waals surface area contributed by atoms with Gasteiger partial charge in [-0.1, -0.05) is 57.5 Å². The Kier molecular flexibility index (Phi) is 3.65. The molecular formula is C16H14BrN3. The standard InChI is InChI=1S/C16H14BrN3/c1-12-5-2-3-6-14(12)10-20-11-16(18-19-20)13-7-4-8-15(17)9-13/h2-9,11H,10H2,1H3. The molecule has 0 saturated heterocycles. The van der Waals surface area contributed by atoms with E-state index in [1.54, 1.807) is 0 Å². The zero-order valence-corrected chi connectivity index (χ0v) is 12.7. The van der Waals surface area contributed by atoms with E-state index in [1.807, 2.05) is 41.2 Å². The summed E-state index contributed by atoms with van der Waals surface area (Å²) in [6.07, 6.45) is 1.98. The number of nitrogens with zero attached hydrogens (tertiary/aromatic N) is 3. The van der Waals surface area contributed by atoms with Gasteiger partial charge in [-0.25, -0.2) is 4.68 Å². The maximum absolute atomic E-state index is 4.25. The first kappa shape index (κ1) is 13.1. The van der Waals surface area contributed by atoms with Crippen molar-refractivity contribution in [3.05, 3.63) is 70.3 Å². The monoisotopic (exact) mass is 327 g/mol. The van der Waals surface area contributed by atoms with E-state index in [4.69, 9.17) is 0 Å². The number of aryl methyl sites for hydroxylation is 1. The van der Waals surface area contributed by atoms with Gasteiger partial charge < -0.3 is 0 Å². The summed E-state index contributed by atoms with van der Waals surface area (Å²) in [5, 5.41) is 8.46. The summed E-state index contributed by atoms with van der Waals surface area (Å²) in [5.74, 6) is 0. The average molecular weight is 328 g/mol. The van der Waals surface area contributed by atoms with Gasteiger partial charge in [0.05, 0.1) is 12.7 Å². The maximum Gasteiger partial charge on any atom is 0.113 e. The minimum atomic E-state index is 0.744. The Hall–Kier alpha value is -1.94. The zero-order chi connectivity index (χ0) is 13.9. The summed E-state index contributed by atoms with van der Waals surface area (Å²) < 4.78 is 2.92. The van der Waals surface area contributed by atoms with E-state index >= 15 is 0 Å². The molecule has 1 heterocycles. The minimum absolute atomic E-state index is 0.744. The molecule has 20 heavy (non-hydrogen) atoms. The summed E-state index contributed by atoms with van der Waals surface area (Å²) in [4.78, 5) is 0. The van der Waals surface area contributed by atoms with E-state index in [1.165, 1.54) is 11.1 Å². The second-order valence-electron chi connectivity index (χ2n) is 4.74. The predicted octanol–water partition coefficient (Wildman–Crippen LogP) is 4.06. The number of hydrogen-bond donors (Lipinski definition) is 0. The molecule has 100 valence electrons. The number of aromatic nitrogens is 3. The Balaban J connectivity index is 1.86. The van der Waals surface area contributed by atoms with Crippen molar-refractivity contribution in [1.29, 1.82) is 0 Å². The highest BCUT2D eigenvalue weighted by atomic mass is 79.9. The quantitative estimate of drug-likeness (QED) is 0.726. The highest BCUT2D eigenvalue weighted by Gasteiger charge is 2.05. The molecule has 0 aliphatic rings. The number of hydrogen-bond acceptors (Lipinski definition) is 2. The van der Waals surface area contributed by atoms with E-state index < -0.39 is 0 Å². The van der Waals surface area contributed by atoms with Gasteiger partial charge in [-0.3, -0.25) is 0 Å². The van der Waals surface area contributed by atoms with Crippen molar-refractivity contribution >= 4 is 15.9 Å². The Labute approximate surface area is 126 Å². The molecule has 2 aromatic carbocycles. The average Bonchev–Trinajstić information content (AvgIpc) is 2.90. The van der Waals surface area contributed by atoms with Gasteiger partial charge in [-0.15, -0.1) is 5.10 Å².